The van der Waals surface area contributed by atoms with Crippen LogP contribution in [-0.4, -0.2) is 38.8 Å². The molecule has 0 unspecified atom stereocenters. The third-order valence-electron chi connectivity index (χ3n) is 4.16. The molecule has 2 rings (SSSR count). The maximum atomic E-state index is 12.7. The summed E-state index contributed by atoms with van der Waals surface area (Å²) in [5.74, 6) is -0.0137. The van der Waals surface area contributed by atoms with E-state index < -0.39 is 15.9 Å². The molecular formula is C19H23ClN2O4S. The SMILES string of the molecule is CCOc1ccc(S(=O)(=O)N(C)CC(=O)Nc2cccc(C)c2C)cc1Cl. The van der Waals surface area contributed by atoms with Crippen molar-refractivity contribution in [3.05, 3.63) is 52.5 Å². The molecule has 0 aliphatic carbocycles. The first-order chi connectivity index (χ1) is 12.7. The van der Waals surface area contributed by atoms with Crippen LogP contribution in [0, 0.1) is 13.8 Å². The van der Waals surface area contributed by atoms with E-state index in [0.29, 0.717) is 18.0 Å². The molecule has 0 bridgehead atoms. The molecule has 1 N–H and O–H groups in total. The summed E-state index contributed by atoms with van der Waals surface area (Å²) in [6.45, 7) is 5.75. The van der Waals surface area contributed by atoms with Crippen LogP contribution in [0.2, 0.25) is 5.02 Å². The maximum absolute atomic E-state index is 12.7. The Morgan fingerprint density at radius 2 is 1.93 bits per heavy atom. The van der Waals surface area contributed by atoms with E-state index in [1.807, 2.05) is 32.9 Å². The lowest BCUT2D eigenvalue weighted by molar-refractivity contribution is -0.116. The highest BCUT2D eigenvalue weighted by atomic mass is 35.5. The molecule has 2 aromatic carbocycles. The second-order valence-corrected chi connectivity index (χ2v) is 8.53. The van der Waals surface area contributed by atoms with Gasteiger partial charge in [-0.1, -0.05) is 23.7 Å². The second kappa shape index (κ2) is 8.73. The van der Waals surface area contributed by atoms with E-state index >= 15 is 0 Å². The largest absolute Gasteiger partial charge is 0.492 e. The number of hydrogen-bond donors (Lipinski definition) is 1. The van der Waals surface area contributed by atoms with Crippen LogP contribution < -0.4 is 10.1 Å². The number of anilines is 1. The molecule has 1 amide bonds. The Hall–Kier alpha value is -2.09. The number of hydrogen-bond acceptors (Lipinski definition) is 4. The van der Waals surface area contributed by atoms with Crippen molar-refractivity contribution in [1.29, 1.82) is 0 Å². The number of carbonyl (C=O) groups excluding carboxylic acids is 1. The fourth-order valence-electron chi connectivity index (χ4n) is 2.46. The summed E-state index contributed by atoms with van der Waals surface area (Å²) < 4.78 is 31.7. The molecule has 0 saturated carbocycles. The summed E-state index contributed by atoms with van der Waals surface area (Å²) in [7, 11) is -2.52. The van der Waals surface area contributed by atoms with Gasteiger partial charge in [0.25, 0.3) is 0 Å². The molecule has 0 saturated heterocycles. The molecule has 0 aliphatic heterocycles. The van der Waals surface area contributed by atoms with Crippen LogP contribution in [0.3, 0.4) is 0 Å². The third-order valence-corrected chi connectivity index (χ3v) is 6.25. The zero-order chi connectivity index (χ0) is 20.2. The lowest BCUT2D eigenvalue weighted by Crippen LogP contribution is -2.35. The summed E-state index contributed by atoms with van der Waals surface area (Å²) in [6, 6.07) is 9.79. The van der Waals surface area contributed by atoms with E-state index in [1.165, 1.54) is 25.2 Å². The predicted octanol–water partition coefficient (Wildman–Crippen LogP) is 3.61. The maximum Gasteiger partial charge on any atom is 0.243 e. The first kappa shape index (κ1) is 21.2. The Kier molecular flexibility index (Phi) is 6.86. The van der Waals surface area contributed by atoms with Gasteiger partial charge in [-0.3, -0.25) is 4.79 Å². The van der Waals surface area contributed by atoms with Crippen LogP contribution in [0.1, 0.15) is 18.1 Å². The number of carbonyl (C=O) groups is 1. The Morgan fingerprint density at radius 3 is 2.56 bits per heavy atom. The smallest absolute Gasteiger partial charge is 0.243 e. The van der Waals surface area contributed by atoms with E-state index in [2.05, 4.69) is 5.32 Å². The molecule has 146 valence electrons. The van der Waals surface area contributed by atoms with Gasteiger partial charge in [0.05, 0.1) is 23.1 Å². The van der Waals surface area contributed by atoms with Gasteiger partial charge < -0.3 is 10.1 Å². The second-order valence-electron chi connectivity index (χ2n) is 6.08. The number of rotatable bonds is 7. The van der Waals surface area contributed by atoms with Crippen LogP contribution in [0.15, 0.2) is 41.3 Å². The van der Waals surface area contributed by atoms with E-state index in [4.69, 9.17) is 16.3 Å². The highest BCUT2D eigenvalue weighted by molar-refractivity contribution is 7.89. The normalized spacial score (nSPS) is 11.5. The van der Waals surface area contributed by atoms with Gasteiger partial charge in [0.1, 0.15) is 5.75 Å². The summed E-state index contributed by atoms with van der Waals surface area (Å²) >= 11 is 6.08. The number of amides is 1. The van der Waals surface area contributed by atoms with Crippen molar-refractivity contribution in [2.24, 2.45) is 0 Å². The molecule has 0 fully saturated rings. The van der Waals surface area contributed by atoms with Crippen molar-refractivity contribution < 1.29 is 17.9 Å². The lowest BCUT2D eigenvalue weighted by Gasteiger charge is -2.18. The van der Waals surface area contributed by atoms with E-state index in [9.17, 15) is 13.2 Å². The Morgan fingerprint density at radius 1 is 1.22 bits per heavy atom. The van der Waals surface area contributed by atoms with Crippen LogP contribution in [-0.2, 0) is 14.8 Å². The molecule has 8 heteroatoms. The minimum atomic E-state index is -3.87. The van der Waals surface area contributed by atoms with Crippen molar-refractivity contribution in [2.75, 3.05) is 25.5 Å². The van der Waals surface area contributed by atoms with Crippen molar-refractivity contribution in [1.82, 2.24) is 4.31 Å². The Labute approximate surface area is 165 Å². The number of sulfonamides is 1. The number of nitrogens with zero attached hydrogens (tertiary/aromatic N) is 1. The molecule has 0 heterocycles. The van der Waals surface area contributed by atoms with Gasteiger partial charge in [-0.2, -0.15) is 4.31 Å². The molecule has 6 nitrogen and oxygen atoms in total. The molecule has 0 aromatic heterocycles. The molecule has 2 aromatic rings. The van der Waals surface area contributed by atoms with Crippen molar-refractivity contribution in [3.8, 4) is 5.75 Å². The number of nitrogens with one attached hydrogen (secondary N) is 1. The Bertz CT molecular complexity index is 945. The third kappa shape index (κ3) is 5.00. The number of benzene rings is 2. The molecule has 0 aliphatic rings. The standard InChI is InChI=1S/C19H23ClN2O4S/c1-5-26-18-10-9-15(11-16(18)20)27(24,25)22(4)12-19(23)21-17-8-6-7-13(2)14(17)3/h6-11H,5,12H2,1-4H3,(H,21,23). The van der Waals surface area contributed by atoms with Crippen LogP contribution in [0.5, 0.6) is 5.75 Å². The first-order valence-corrected chi connectivity index (χ1v) is 10.2. The van der Waals surface area contributed by atoms with Gasteiger partial charge in [-0.25, -0.2) is 8.42 Å². The summed E-state index contributed by atoms with van der Waals surface area (Å²) in [5, 5.41) is 2.95. The Balaban J connectivity index is 2.13. The highest BCUT2D eigenvalue weighted by Crippen LogP contribution is 2.28. The molecule has 0 atom stereocenters. The molecule has 27 heavy (non-hydrogen) atoms. The number of likely N-dealkylation sites (N-methyl/N-ethyl adjacent to an activating group) is 1. The van der Waals surface area contributed by atoms with E-state index in [-0.39, 0.29) is 16.5 Å². The molecular weight excluding hydrogens is 388 g/mol. The van der Waals surface area contributed by atoms with Crippen LogP contribution in [0.25, 0.3) is 0 Å². The first-order valence-electron chi connectivity index (χ1n) is 8.41. The number of aryl methyl sites for hydroxylation is 1. The van der Waals surface area contributed by atoms with Gasteiger partial charge >= 0.3 is 0 Å². The fourth-order valence-corrected chi connectivity index (χ4v) is 3.91. The minimum Gasteiger partial charge on any atom is -0.492 e. The summed E-state index contributed by atoms with van der Waals surface area (Å²) in [6.07, 6.45) is 0. The van der Waals surface area contributed by atoms with Crippen molar-refractivity contribution >= 4 is 33.2 Å². The average molecular weight is 411 g/mol. The summed E-state index contributed by atoms with van der Waals surface area (Å²) in [4.78, 5) is 12.3. The lowest BCUT2D eigenvalue weighted by atomic mass is 10.1. The molecule has 0 radical (unpaired) electrons. The topological polar surface area (TPSA) is 75.7 Å². The number of halogens is 1. The van der Waals surface area contributed by atoms with Crippen molar-refractivity contribution in [2.45, 2.75) is 25.7 Å². The zero-order valence-electron chi connectivity index (χ0n) is 15.7. The average Bonchev–Trinajstić information content (AvgIpc) is 2.60. The highest BCUT2D eigenvalue weighted by Gasteiger charge is 2.24. The van der Waals surface area contributed by atoms with Crippen LogP contribution in [0.4, 0.5) is 5.69 Å². The van der Waals surface area contributed by atoms with Gasteiger partial charge in [0, 0.05) is 12.7 Å². The monoisotopic (exact) mass is 410 g/mol. The number of ether oxygens (including phenoxy) is 1. The van der Waals surface area contributed by atoms with Gasteiger partial charge in [0.15, 0.2) is 0 Å². The quantitative estimate of drug-likeness (QED) is 0.756. The zero-order valence-corrected chi connectivity index (χ0v) is 17.3. The fraction of sp³-hybridized carbons (Fsp3) is 0.316. The summed E-state index contributed by atoms with van der Waals surface area (Å²) in [5.41, 5.74) is 2.64. The van der Waals surface area contributed by atoms with Gasteiger partial charge in [0.2, 0.25) is 15.9 Å². The van der Waals surface area contributed by atoms with Gasteiger partial charge in [-0.15, -0.1) is 0 Å². The molecule has 0 spiro atoms. The minimum absolute atomic E-state index is 0.00186. The van der Waals surface area contributed by atoms with Gasteiger partial charge in [-0.05, 0) is 56.2 Å². The van der Waals surface area contributed by atoms with Crippen LogP contribution >= 0.6 is 11.6 Å². The van der Waals surface area contributed by atoms with E-state index in [1.54, 1.807) is 6.07 Å². The predicted molar refractivity (Wildman–Crippen MR) is 107 cm³/mol. The van der Waals surface area contributed by atoms with E-state index in [0.717, 1.165) is 15.4 Å². The van der Waals surface area contributed by atoms with Crippen molar-refractivity contribution in [3.63, 3.8) is 0 Å².